The van der Waals surface area contributed by atoms with Crippen LogP contribution in [0, 0.1) is 6.92 Å². The van der Waals surface area contributed by atoms with Crippen molar-refractivity contribution in [2.24, 2.45) is 0 Å². The molecule has 0 saturated heterocycles. The van der Waals surface area contributed by atoms with E-state index in [-0.39, 0.29) is 49.5 Å². The molecule has 2 heterocycles. The average molecular weight is 565 g/mol. The van der Waals surface area contributed by atoms with E-state index in [1.807, 2.05) is 32.0 Å². The van der Waals surface area contributed by atoms with Crippen LogP contribution in [0.25, 0.3) is 0 Å². The van der Waals surface area contributed by atoms with Gasteiger partial charge in [-0.3, -0.25) is 28.4 Å². The normalized spacial score (nSPS) is 19.8. The molecule has 3 aromatic carbocycles. The zero-order valence-corrected chi connectivity index (χ0v) is 23.4. The molecule has 0 bridgehead atoms. The molecule has 0 spiro atoms. The second-order valence-corrected chi connectivity index (χ2v) is 12.2. The fourth-order valence-electron chi connectivity index (χ4n) is 5.40. The molecule has 40 heavy (non-hydrogen) atoms. The Morgan fingerprint density at radius 2 is 1.70 bits per heavy atom. The van der Waals surface area contributed by atoms with Crippen LogP contribution in [0.2, 0.25) is 0 Å². The summed E-state index contributed by atoms with van der Waals surface area (Å²) in [4.78, 5) is 38.8. The number of aliphatic carboxylic acids is 1. The van der Waals surface area contributed by atoms with Gasteiger partial charge in [0.25, 0.3) is 11.8 Å². The minimum Gasteiger partial charge on any atom is -0.487 e. The molecular weight excluding hydrogens is 532 g/mol. The van der Waals surface area contributed by atoms with Gasteiger partial charge < -0.3 is 9.84 Å². The highest BCUT2D eigenvalue weighted by atomic mass is 32.3. The standard InChI is InChI=1S/C30H32N2O7S/c1-4-32-29(35)23-12-11-21(14-25(23)30(32)36)24(15-28(33)34)20-10-9-18(2)22(13-20)17-31-16-19(3)39-26-7-5-6-8-27(26)40(31,37)38/h5-14,19,24,37-38H,4,15-17H2,1-3H3,(H,33,34). The maximum atomic E-state index is 12.8. The monoisotopic (exact) mass is 564 g/mol. The molecule has 2 amide bonds. The molecule has 5 rings (SSSR count). The predicted octanol–water partition coefficient (Wildman–Crippen LogP) is 5.53. The first kappa shape index (κ1) is 27.9. The highest BCUT2D eigenvalue weighted by Gasteiger charge is 2.36. The van der Waals surface area contributed by atoms with Gasteiger partial charge in [-0.05, 0) is 67.3 Å². The van der Waals surface area contributed by atoms with Gasteiger partial charge >= 0.3 is 5.97 Å². The van der Waals surface area contributed by atoms with E-state index in [2.05, 4.69) is 0 Å². The molecule has 3 aromatic rings. The summed E-state index contributed by atoms with van der Waals surface area (Å²) in [5.74, 6) is -1.89. The summed E-state index contributed by atoms with van der Waals surface area (Å²) >= 11 is 0. The molecule has 2 atom stereocenters. The number of aryl methyl sites for hydroxylation is 1. The lowest BCUT2D eigenvalue weighted by Crippen LogP contribution is -2.33. The second-order valence-electron chi connectivity index (χ2n) is 10.2. The van der Waals surface area contributed by atoms with Crippen LogP contribution < -0.4 is 4.74 Å². The average Bonchev–Trinajstić information content (AvgIpc) is 3.10. The van der Waals surface area contributed by atoms with E-state index in [4.69, 9.17) is 4.74 Å². The molecule has 2 aliphatic heterocycles. The Morgan fingerprint density at radius 1 is 1.02 bits per heavy atom. The number of carboxylic acids is 1. The Balaban J connectivity index is 1.51. The van der Waals surface area contributed by atoms with Gasteiger partial charge in [0.15, 0.2) is 0 Å². The SMILES string of the molecule is CCN1C(=O)c2ccc(C(CC(=O)O)c3ccc(C)c(CN4CC(C)Oc5ccccc5S4(O)O)c3)cc2C1=O. The Hall–Kier alpha value is -3.70. The van der Waals surface area contributed by atoms with E-state index in [0.29, 0.717) is 27.3 Å². The Labute approximate surface area is 234 Å². The van der Waals surface area contributed by atoms with Crippen LogP contribution in [0.1, 0.15) is 69.2 Å². The molecule has 0 aromatic heterocycles. The van der Waals surface area contributed by atoms with Crippen LogP contribution in [-0.4, -0.2) is 60.4 Å². The fourth-order valence-corrected chi connectivity index (χ4v) is 7.06. The number of fused-ring (bicyclic) bond motifs is 2. The summed E-state index contributed by atoms with van der Waals surface area (Å²) in [7, 11) is -3.36. The van der Waals surface area contributed by atoms with E-state index in [9.17, 15) is 28.6 Å². The highest BCUT2D eigenvalue weighted by Crippen LogP contribution is 2.57. The van der Waals surface area contributed by atoms with Gasteiger partial charge in [0, 0.05) is 19.0 Å². The van der Waals surface area contributed by atoms with Crippen molar-refractivity contribution in [1.29, 1.82) is 0 Å². The molecule has 210 valence electrons. The third-order valence-electron chi connectivity index (χ3n) is 7.51. The topological polar surface area (TPSA) is 128 Å². The van der Waals surface area contributed by atoms with Crippen LogP contribution in [0.15, 0.2) is 65.6 Å². The molecule has 10 heteroatoms. The number of imide groups is 1. The van der Waals surface area contributed by atoms with E-state index in [1.165, 1.54) is 4.90 Å². The summed E-state index contributed by atoms with van der Waals surface area (Å²) in [5.41, 5.74) is 3.64. The van der Waals surface area contributed by atoms with E-state index < -0.39 is 22.7 Å². The largest absolute Gasteiger partial charge is 0.487 e. The van der Waals surface area contributed by atoms with Crippen LogP contribution in [0.4, 0.5) is 0 Å². The smallest absolute Gasteiger partial charge is 0.304 e. The lowest BCUT2D eigenvalue weighted by atomic mass is 9.85. The number of carbonyl (C=O) groups is 3. The van der Waals surface area contributed by atoms with Gasteiger partial charge in [0.2, 0.25) is 0 Å². The minimum absolute atomic E-state index is 0.201. The van der Waals surface area contributed by atoms with Gasteiger partial charge in [0.1, 0.15) is 16.7 Å². The first-order valence-corrected chi connectivity index (χ1v) is 14.6. The molecule has 3 N–H and O–H groups in total. The third-order valence-corrected chi connectivity index (χ3v) is 9.43. The van der Waals surface area contributed by atoms with E-state index in [1.54, 1.807) is 53.7 Å². The van der Waals surface area contributed by atoms with Gasteiger partial charge in [-0.1, -0.05) is 36.4 Å². The van der Waals surface area contributed by atoms with Gasteiger partial charge in [-0.25, -0.2) is 0 Å². The van der Waals surface area contributed by atoms with Gasteiger partial charge in [-0.15, -0.1) is 10.8 Å². The Bertz CT molecular complexity index is 1510. The van der Waals surface area contributed by atoms with Crippen molar-refractivity contribution in [3.63, 3.8) is 0 Å². The fraction of sp³-hybridized carbons (Fsp3) is 0.300. The summed E-state index contributed by atoms with van der Waals surface area (Å²) in [5, 5.41) is 9.77. The first-order valence-electron chi connectivity index (χ1n) is 13.1. The van der Waals surface area contributed by atoms with Crippen LogP contribution in [-0.2, 0) is 11.3 Å². The molecule has 0 radical (unpaired) electrons. The maximum Gasteiger partial charge on any atom is 0.304 e. The number of carboxylic acid groups (broad SMARTS) is 1. The van der Waals surface area contributed by atoms with E-state index >= 15 is 0 Å². The highest BCUT2D eigenvalue weighted by molar-refractivity contribution is 8.22. The number of amides is 2. The lowest BCUT2D eigenvalue weighted by Gasteiger charge is -2.42. The number of nitrogens with zero attached hydrogens (tertiary/aromatic N) is 2. The number of para-hydroxylation sites is 1. The van der Waals surface area contributed by atoms with Crippen molar-refractivity contribution in [3.8, 4) is 5.75 Å². The zero-order chi connectivity index (χ0) is 28.8. The molecule has 9 nitrogen and oxygen atoms in total. The minimum atomic E-state index is -3.36. The third kappa shape index (κ3) is 4.99. The molecule has 0 fully saturated rings. The molecule has 2 aliphatic rings. The summed E-state index contributed by atoms with van der Waals surface area (Å²) < 4.78 is 30.2. The van der Waals surface area contributed by atoms with Crippen molar-refractivity contribution in [2.75, 3.05) is 13.1 Å². The van der Waals surface area contributed by atoms with Crippen molar-refractivity contribution < 1.29 is 33.3 Å². The second kappa shape index (κ2) is 10.7. The van der Waals surface area contributed by atoms with Crippen LogP contribution >= 0.6 is 10.8 Å². The maximum absolute atomic E-state index is 12.8. The number of hydrogen-bond acceptors (Lipinski definition) is 7. The predicted molar refractivity (Wildman–Crippen MR) is 151 cm³/mol. The van der Waals surface area contributed by atoms with Crippen LogP contribution in [0.5, 0.6) is 5.75 Å². The first-order chi connectivity index (χ1) is 19.0. The number of rotatable bonds is 7. The van der Waals surface area contributed by atoms with Crippen molar-refractivity contribution in [1.82, 2.24) is 9.21 Å². The molecular formula is C30H32N2O7S. The summed E-state index contributed by atoms with van der Waals surface area (Å²) in [6.45, 7) is 6.25. The number of carbonyl (C=O) groups excluding carboxylic acids is 2. The van der Waals surface area contributed by atoms with E-state index in [0.717, 1.165) is 11.1 Å². The van der Waals surface area contributed by atoms with Crippen molar-refractivity contribution >= 4 is 28.6 Å². The number of ether oxygens (including phenoxy) is 1. The summed E-state index contributed by atoms with van der Waals surface area (Å²) in [6, 6.07) is 17.5. The quantitative estimate of drug-likeness (QED) is 0.320. The molecule has 0 aliphatic carbocycles. The number of hydrogen-bond donors (Lipinski definition) is 3. The lowest BCUT2D eigenvalue weighted by molar-refractivity contribution is -0.137. The van der Waals surface area contributed by atoms with Gasteiger partial charge in [-0.2, -0.15) is 4.31 Å². The van der Waals surface area contributed by atoms with Crippen molar-refractivity contribution in [2.45, 2.75) is 50.7 Å². The Morgan fingerprint density at radius 3 is 2.42 bits per heavy atom. The zero-order valence-electron chi connectivity index (χ0n) is 22.5. The Kier molecular flexibility index (Phi) is 7.45. The molecule has 0 saturated carbocycles. The summed E-state index contributed by atoms with van der Waals surface area (Å²) in [6.07, 6.45) is -0.523. The van der Waals surface area contributed by atoms with Crippen molar-refractivity contribution in [3.05, 3.63) is 94.0 Å². The van der Waals surface area contributed by atoms with Crippen LogP contribution in [0.3, 0.4) is 0 Å². The van der Waals surface area contributed by atoms with Gasteiger partial charge in [0.05, 0.1) is 24.1 Å². The molecule has 2 unspecified atom stereocenters. The number of benzene rings is 3.